The predicted molar refractivity (Wildman–Crippen MR) is 134 cm³/mol. The molecule has 3 rings (SSSR count). The van der Waals surface area contributed by atoms with E-state index in [4.69, 9.17) is 9.47 Å². The van der Waals surface area contributed by atoms with Crippen LogP contribution in [0.5, 0.6) is 0 Å². The second-order valence-electron chi connectivity index (χ2n) is 8.64. The smallest absolute Gasteiger partial charge is 0.243 e. The van der Waals surface area contributed by atoms with Crippen molar-refractivity contribution in [2.75, 3.05) is 40.3 Å². The number of nitrogens with zero attached hydrogens (tertiary/aromatic N) is 2. The summed E-state index contributed by atoms with van der Waals surface area (Å²) < 4.78 is 12.3. The summed E-state index contributed by atoms with van der Waals surface area (Å²) in [6.45, 7) is 4.33. The van der Waals surface area contributed by atoms with Gasteiger partial charge in [-0.05, 0) is 30.7 Å². The van der Waals surface area contributed by atoms with Gasteiger partial charge in [0, 0.05) is 40.0 Å². The number of nitrogens with one attached hydrogen (secondary N) is 2. The zero-order valence-corrected chi connectivity index (χ0v) is 21.3. The number of carbonyl (C=O) groups excluding carboxylic acids is 1. The topological polar surface area (TPSA) is 75.2 Å². The lowest BCUT2D eigenvalue weighted by atomic mass is 9.86. The lowest BCUT2D eigenvalue weighted by Gasteiger charge is -2.34. The number of guanidine groups is 1. The van der Waals surface area contributed by atoms with Gasteiger partial charge in [-0.1, -0.05) is 37.3 Å². The molecule has 0 radical (unpaired) electrons. The molecule has 1 aromatic rings. The molecule has 1 amide bonds. The van der Waals surface area contributed by atoms with Gasteiger partial charge in [0.05, 0.1) is 6.61 Å². The molecule has 1 aliphatic carbocycles. The largest absolute Gasteiger partial charge is 0.356 e. The zero-order chi connectivity index (χ0) is 21.4. The Hall–Kier alpha value is -1.39. The van der Waals surface area contributed by atoms with Gasteiger partial charge in [-0.3, -0.25) is 4.79 Å². The van der Waals surface area contributed by atoms with Crippen LogP contribution < -0.4 is 10.6 Å². The van der Waals surface area contributed by atoms with Gasteiger partial charge in [0.15, 0.2) is 11.7 Å². The molecule has 1 saturated carbocycles. The number of halogens is 1. The number of aliphatic imine (C=N–C) groups is 1. The Labute approximate surface area is 203 Å². The molecule has 1 aliphatic heterocycles. The van der Waals surface area contributed by atoms with Crippen LogP contribution in [-0.4, -0.2) is 69.0 Å². The summed E-state index contributed by atoms with van der Waals surface area (Å²) in [4.78, 5) is 18.0. The van der Waals surface area contributed by atoms with Gasteiger partial charge in [-0.25, -0.2) is 4.99 Å². The van der Waals surface area contributed by atoms with Crippen LogP contribution in [0.1, 0.15) is 38.2 Å². The van der Waals surface area contributed by atoms with Gasteiger partial charge in [0.1, 0.15) is 12.6 Å². The maximum atomic E-state index is 12.0. The van der Waals surface area contributed by atoms with Crippen molar-refractivity contribution >= 4 is 35.8 Å². The molecule has 2 N–H and O–H groups in total. The summed E-state index contributed by atoms with van der Waals surface area (Å²) in [5.41, 5.74) is 1.26. The zero-order valence-electron chi connectivity index (χ0n) is 18.9. The number of hydrogen-bond acceptors (Lipinski definition) is 4. The maximum absolute atomic E-state index is 12.0. The van der Waals surface area contributed by atoms with Crippen LogP contribution >= 0.6 is 24.0 Å². The summed E-state index contributed by atoms with van der Waals surface area (Å²) in [7, 11) is 3.48. The molecule has 1 spiro atoms. The van der Waals surface area contributed by atoms with Crippen molar-refractivity contribution in [1.29, 1.82) is 0 Å². The Bertz CT molecular complexity index is 706. The standard InChI is InChI=1S/C23H36N4O3.HI/c1-18-9-12-23(13-10-18)29-17-20(30-23)15-25-22(26-16-21(28)27(2)3)24-14-11-19-7-5-4-6-8-19;/h4-8,18,20H,9-17H2,1-3H3,(H2,24,25,26);1H. The van der Waals surface area contributed by atoms with Gasteiger partial charge < -0.3 is 25.0 Å². The first kappa shape index (κ1) is 25.9. The molecule has 0 bridgehead atoms. The Kier molecular flexibility index (Phi) is 10.5. The number of amides is 1. The Morgan fingerprint density at radius 3 is 2.58 bits per heavy atom. The van der Waals surface area contributed by atoms with E-state index in [9.17, 15) is 4.79 Å². The number of ether oxygens (including phenoxy) is 2. The molecule has 174 valence electrons. The first-order valence-corrected chi connectivity index (χ1v) is 11.0. The maximum Gasteiger partial charge on any atom is 0.243 e. The van der Waals surface area contributed by atoms with E-state index >= 15 is 0 Å². The van der Waals surface area contributed by atoms with Crippen LogP contribution in [0.2, 0.25) is 0 Å². The van der Waals surface area contributed by atoms with Crippen LogP contribution in [0, 0.1) is 5.92 Å². The van der Waals surface area contributed by atoms with E-state index in [1.54, 1.807) is 19.0 Å². The van der Waals surface area contributed by atoms with Crippen molar-refractivity contribution in [3.8, 4) is 0 Å². The fourth-order valence-electron chi connectivity index (χ4n) is 3.82. The highest BCUT2D eigenvalue weighted by Gasteiger charge is 2.43. The molecular formula is C23H37IN4O3. The Morgan fingerprint density at radius 2 is 1.90 bits per heavy atom. The fraction of sp³-hybridized carbons (Fsp3) is 0.652. The molecule has 1 unspecified atom stereocenters. The lowest BCUT2D eigenvalue weighted by Crippen LogP contribution is -2.44. The number of carbonyl (C=O) groups is 1. The molecule has 1 saturated heterocycles. The van der Waals surface area contributed by atoms with E-state index in [1.807, 2.05) is 18.2 Å². The van der Waals surface area contributed by atoms with Gasteiger partial charge in [0.25, 0.3) is 0 Å². The van der Waals surface area contributed by atoms with Crippen LogP contribution in [-0.2, 0) is 20.7 Å². The summed E-state index contributed by atoms with van der Waals surface area (Å²) in [5.74, 6) is 0.956. The third-order valence-electron chi connectivity index (χ3n) is 5.87. The number of hydrogen-bond donors (Lipinski definition) is 2. The number of benzene rings is 1. The van der Waals surface area contributed by atoms with E-state index in [2.05, 4.69) is 34.7 Å². The minimum atomic E-state index is -0.391. The average molecular weight is 544 g/mol. The van der Waals surface area contributed by atoms with Crippen molar-refractivity contribution in [1.82, 2.24) is 15.5 Å². The van der Waals surface area contributed by atoms with Crippen molar-refractivity contribution in [3.05, 3.63) is 35.9 Å². The monoisotopic (exact) mass is 544 g/mol. The minimum Gasteiger partial charge on any atom is -0.356 e. The molecule has 7 nitrogen and oxygen atoms in total. The van der Waals surface area contributed by atoms with E-state index < -0.39 is 5.79 Å². The molecule has 0 aromatic heterocycles. The fourth-order valence-corrected chi connectivity index (χ4v) is 3.82. The van der Waals surface area contributed by atoms with Gasteiger partial charge in [-0.2, -0.15) is 0 Å². The highest BCUT2D eigenvalue weighted by molar-refractivity contribution is 14.0. The van der Waals surface area contributed by atoms with E-state index in [0.29, 0.717) is 19.1 Å². The van der Waals surface area contributed by atoms with Gasteiger partial charge >= 0.3 is 0 Å². The molecule has 1 heterocycles. The molecule has 1 atom stereocenters. The molecule has 1 aromatic carbocycles. The van der Waals surface area contributed by atoms with Crippen molar-refractivity contribution in [2.45, 2.75) is 50.9 Å². The van der Waals surface area contributed by atoms with Crippen LogP contribution in [0.15, 0.2) is 35.3 Å². The van der Waals surface area contributed by atoms with E-state index in [1.165, 1.54) is 5.56 Å². The van der Waals surface area contributed by atoms with E-state index in [0.717, 1.165) is 44.6 Å². The molecule has 2 aliphatic rings. The number of likely N-dealkylation sites (N-methyl/N-ethyl adjacent to an activating group) is 1. The van der Waals surface area contributed by atoms with Crippen LogP contribution in [0.4, 0.5) is 0 Å². The summed E-state index contributed by atoms with van der Waals surface area (Å²) in [5, 5.41) is 6.67. The minimum absolute atomic E-state index is 0. The average Bonchev–Trinajstić information content (AvgIpc) is 3.15. The first-order chi connectivity index (χ1) is 14.5. The Morgan fingerprint density at radius 1 is 1.19 bits per heavy atom. The molecular weight excluding hydrogens is 507 g/mol. The highest BCUT2D eigenvalue weighted by atomic mass is 127. The lowest BCUT2D eigenvalue weighted by molar-refractivity contribution is -0.191. The van der Waals surface area contributed by atoms with E-state index in [-0.39, 0.29) is 42.5 Å². The predicted octanol–water partition coefficient (Wildman–Crippen LogP) is 2.79. The van der Waals surface area contributed by atoms with Crippen LogP contribution in [0.3, 0.4) is 0 Å². The third kappa shape index (κ3) is 8.23. The quantitative estimate of drug-likeness (QED) is 0.314. The number of rotatable bonds is 7. The molecule has 8 heteroatoms. The van der Waals surface area contributed by atoms with Gasteiger partial charge in [-0.15, -0.1) is 24.0 Å². The molecule has 2 fully saturated rings. The third-order valence-corrected chi connectivity index (χ3v) is 5.87. The summed E-state index contributed by atoms with van der Waals surface area (Å²) in [6, 6.07) is 10.3. The van der Waals surface area contributed by atoms with Crippen molar-refractivity contribution < 1.29 is 14.3 Å². The summed E-state index contributed by atoms with van der Waals surface area (Å²) in [6.07, 6.45) is 5.12. The van der Waals surface area contributed by atoms with Crippen molar-refractivity contribution in [3.63, 3.8) is 0 Å². The Balaban J connectivity index is 0.00000341. The van der Waals surface area contributed by atoms with Crippen molar-refractivity contribution in [2.24, 2.45) is 10.9 Å². The SMILES string of the molecule is CC1CCC2(CC1)OCC(CNC(=NCC(=O)N(C)C)NCCc1ccccc1)O2.I. The highest BCUT2D eigenvalue weighted by Crippen LogP contribution is 2.39. The summed E-state index contributed by atoms with van der Waals surface area (Å²) >= 11 is 0. The normalized spacial score (nSPS) is 25.7. The molecule has 31 heavy (non-hydrogen) atoms. The van der Waals surface area contributed by atoms with Crippen LogP contribution in [0.25, 0.3) is 0 Å². The van der Waals surface area contributed by atoms with Gasteiger partial charge in [0.2, 0.25) is 5.91 Å². The second kappa shape index (κ2) is 12.6. The second-order valence-corrected chi connectivity index (χ2v) is 8.64. The first-order valence-electron chi connectivity index (χ1n) is 11.0.